The van der Waals surface area contributed by atoms with Gasteiger partial charge >= 0.3 is 0 Å². The zero-order valence-electron chi connectivity index (χ0n) is 9.36. The van der Waals surface area contributed by atoms with Gasteiger partial charge in [-0.2, -0.15) is 0 Å². The highest BCUT2D eigenvalue weighted by Gasteiger charge is 2.26. The van der Waals surface area contributed by atoms with Crippen LogP contribution in [0.5, 0.6) is 0 Å². The van der Waals surface area contributed by atoms with Gasteiger partial charge in [0.15, 0.2) is 0 Å². The molecular formula is C13H17NO. The van der Waals surface area contributed by atoms with Gasteiger partial charge in [0, 0.05) is 13.6 Å². The smallest absolute Gasteiger partial charge is 0.229 e. The van der Waals surface area contributed by atoms with Crippen LogP contribution in [0.4, 0.5) is 0 Å². The van der Waals surface area contributed by atoms with Crippen LogP contribution in [0.2, 0.25) is 0 Å². The van der Waals surface area contributed by atoms with Crippen LogP contribution in [0.3, 0.4) is 0 Å². The van der Waals surface area contributed by atoms with Gasteiger partial charge in [-0.1, -0.05) is 31.2 Å². The maximum absolute atomic E-state index is 12.1. The number of nitrogens with zero attached hydrogens (tertiary/aromatic N) is 1. The molecule has 2 heteroatoms. The molecule has 0 aliphatic carbocycles. The lowest BCUT2D eigenvalue weighted by atomic mass is 9.91. The van der Waals surface area contributed by atoms with E-state index in [9.17, 15) is 4.79 Å². The highest BCUT2D eigenvalue weighted by atomic mass is 16.2. The summed E-state index contributed by atoms with van der Waals surface area (Å²) in [5.41, 5.74) is 2.57. The van der Waals surface area contributed by atoms with E-state index in [4.69, 9.17) is 0 Å². The number of hydrogen-bond donors (Lipinski definition) is 0. The van der Waals surface area contributed by atoms with Crippen molar-refractivity contribution in [3.8, 4) is 0 Å². The van der Waals surface area contributed by atoms with Crippen molar-refractivity contribution in [3.05, 3.63) is 35.4 Å². The molecule has 1 amide bonds. The van der Waals surface area contributed by atoms with Gasteiger partial charge in [-0.3, -0.25) is 4.79 Å². The van der Waals surface area contributed by atoms with Crippen LogP contribution >= 0.6 is 0 Å². The minimum atomic E-state index is 0.0636. The number of carbonyl (C=O) groups is 1. The largest absolute Gasteiger partial charge is 0.345 e. The van der Waals surface area contributed by atoms with Crippen LogP contribution in [0.1, 0.15) is 30.4 Å². The molecule has 1 aliphatic heterocycles. The Hall–Kier alpha value is -1.31. The zero-order chi connectivity index (χ0) is 10.8. The SMILES string of the molecule is CC[C@@H]1C(=O)N(C)CCc2ccccc21. The van der Waals surface area contributed by atoms with Crippen LogP contribution in [0.15, 0.2) is 24.3 Å². The highest BCUT2D eigenvalue weighted by molar-refractivity contribution is 5.84. The first-order chi connectivity index (χ1) is 7.24. The first-order valence-corrected chi connectivity index (χ1v) is 5.56. The first-order valence-electron chi connectivity index (χ1n) is 5.56. The van der Waals surface area contributed by atoms with Crippen molar-refractivity contribution in [2.45, 2.75) is 25.7 Å². The van der Waals surface area contributed by atoms with Crippen molar-refractivity contribution >= 4 is 5.91 Å². The minimum absolute atomic E-state index is 0.0636. The molecule has 1 aliphatic rings. The zero-order valence-corrected chi connectivity index (χ0v) is 9.36. The van der Waals surface area contributed by atoms with Crippen LogP contribution in [-0.2, 0) is 11.2 Å². The summed E-state index contributed by atoms with van der Waals surface area (Å²) in [4.78, 5) is 13.9. The van der Waals surface area contributed by atoms with Crippen LogP contribution in [-0.4, -0.2) is 24.4 Å². The van der Waals surface area contributed by atoms with E-state index in [-0.39, 0.29) is 11.8 Å². The van der Waals surface area contributed by atoms with Crippen molar-refractivity contribution in [2.24, 2.45) is 0 Å². The van der Waals surface area contributed by atoms with Gasteiger partial charge in [0.2, 0.25) is 5.91 Å². The molecule has 0 radical (unpaired) electrons. The fraction of sp³-hybridized carbons (Fsp3) is 0.462. The Morgan fingerprint density at radius 1 is 1.40 bits per heavy atom. The molecule has 0 saturated carbocycles. The topological polar surface area (TPSA) is 20.3 Å². The average molecular weight is 203 g/mol. The van der Waals surface area contributed by atoms with E-state index in [0.29, 0.717) is 0 Å². The molecule has 0 fully saturated rings. The maximum Gasteiger partial charge on any atom is 0.229 e. The molecule has 0 aromatic heterocycles. The third-order valence-corrected chi connectivity index (χ3v) is 3.23. The molecule has 0 bridgehead atoms. The van der Waals surface area contributed by atoms with E-state index in [0.717, 1.165) is 19.4 Å². The Labute approximate surface area is 90.9 Å². The van der Waals surface area contributed by atoms with E-state index in [2.05, 4.69) is 25.1 Å². The van der Waals surface area contributed by atoms with Crippen LogP contribution < -0.4 is 0 Å². The Morgan fingerprint density at radius 2 is 2.13 bits per heavy atom. The third kappa shape index (κ3) is 1.76. The quantitative estimate of drug-likeness (QED) is 0.685. The van der Waals surface area contributed by atoms with Gasteiger partial charge in [0.05, 0.1) is 5.92 Å². The lowest BCUT2D eigenvalue weighted by Gasteiger charge is -2.19. The molecule has 0 spiro atoms. The van der Waals surface area contributed by atoms with E-state index < -0.39 is 0 Å². The van der Waals surface area contributed by atoms with E-state index in [1.54, 1.807) is 0 Å². The van der Waals surface area contributed by atoms with E-state index in [1.807, 2.05) is 18.0 Å². The van der Waals surface area contributed by atoms with Gasteiger partial charge < -0.3 is 4.90 Å². The molecule has 1 heterocycles. The number of carbonyl (C=O) groups excluding carboxylic acids is 1. The number of amides is 1. The molecule has 1 atom stereocenters. The lowest BCUT2D eigenvalue weighted by Crippen LogP contribution is -2.30. The number of likely N-dealkylation sites (N-methyl/N-ethyl adjacent to an activating group) is 1. The van der Waals surface area contributed by atoms with Crippen molar-refractivity contribution in [1.82, 2.24) is 4.90 Å². The van der Waals surface area contributed by atoms with Crippen molar-refractivity contribution in [3.63, 3.8) is 0 Å². The molecule has 0 unspecified atom stereocenters. The maximum atomic E-state index is 12.1. The number of hydrogen-bond acceptors (Lipinski definition) is 1. The summed E-state index contributed by atoms with van der Waals surface area (Å²) in [6.45, 7) is 2.92. The third-order valence-electron chi connectivity index (χ3n) is 3.23. The summed E-state index contributed by atoms with van der Waals surface area (Å²) in [6, 6.07) is 8.33. The molecular weight excluding hydrogens is 186 g/mol. The summed E-state index contributed by atoms with van der Waals surface area (Å²) in [7, 11) is 1.90. The van der Waals surface area contributed by atoms with Crippen LogP contribution in [0, 0.1) is 0 Å². The number of rotatable bonds is 1. The molecule has 2 rings (SSSR count). The second kappa shape index (κ2) is 4.05. The van der Waals surface area contributed by atoms with Gasteiger partial charge in [0.25, 0.3) is 0 Å². The van der Waals surface area contributed by atoms with Crippen molar-refractivity contribution < 1.29 is 4.79 Å². The second-order valence-corrected chi connectivity index (χ2v) is 4.17. The lowest BCUT2D eigenvalue weighted by molar-refractivity contribution is -0.131. The summed E-state index contributed by atoms with van der Waals surface area (Å²) < 4.78 is 0. The molecule has 15 heavy (non-hydrogen) atoms. The van der Waals surface area contributed by atoms with Crippen molar-refractivity contribution in [1.29, 1.82) is 0 Å². The molecule has 0 N–H and O–H groups in total. The van der Waals surface area contributed by atoms with Crippen LogP contribution in [0.25, 0.3) is 0 Å². The van der Waals surface area contributed by atoms with Gasteiger partial charge in [0.1, 0.15) is 0 Å². The fourth-order valence-corrected chi connectivity index (χ4v) is 2.29. The van der Waals surface area contributed by atoms with E-state index in [1.165, 1.54) is 11.1 Å². The molecule has 80 valence electrons. The molecule has 1 aromatic carbocycles. The van der Waals surface area contributed by atoms with Gasteiger partial charge in [-0.25, -0.2) is 0 Å². The molecule has 0 saturated heterocycles. The standard InChI is InChI=1S/C13H17NO/c1-3-11-12-7-5-4-6-10(12)8-9-14(2)13(11)15/h4-7,11H,3,8-9H2,1-2H3/t11-/m0/s1. The number of fused-ring (bicyclic) bond motifs is 1. The number of benzene rings is 1. The summed E-state index contributed by atoms with van der Waals surface area (Å²) in [6.07, 6.45) is 1.87. The minimum Gasteiger partial charge on any atom is -0.345 e. The summed E-state index contributed by atoms with van der Waals surface area (Å²) in [5, 5.41) is 0. The fourth-order valence-electron chi connectivity index (χ4n) is 2.29. The normalized spacial score (nSPS) is 21.1. The summed E-state index contributed by atoms with van der Waals surface area (Å²) >= 11 is 0. The van der Waals surface area contributed by atoms with Gasteiger partial charge in [-0.15, -0.1) is 0 Å². The highest BCUT2D eigenvalue weighted by Crippen LogP contribution is 2.28. The Balaban J connectivity index is 2.45. The van der Waals surface area contributed by atoms with Crippen molar-refractivity contribution in [2.75, 3.05) is 13.6 Å². The Kier molecular flexibility index (Phi) is 2.76. The predicted octanol–water partition coefficient (Wildman–Crippen LogP) is 2.19. The molecule has 1 aromatic rings. The second-order valence-electron chi connectivity index (χ2n) is 4.17. The first kappa shape index (κ1) is 10.2. The predicted molar refractivity (Wildman–Crippen MR) is 60.8 cm³/mol. The monoisotopic (exact) mass is 203 g/mol. The Morgan fingerprint density at radius 3 is 2.87 bits per heavy atom. The Bertz CT molecular complexity index is 373. The summed E-state index contributed by atoms with van der Waals surface area (Å²) in [5.74, 6) is 0.330. The average Bonchev–Trinajstić information content (AvgIpc) is 2.38. The van der Waals surface area contributed by atoms with E-state index >= 15 is 0 Å². The molecule has 2 nitrogen and oxygen atoms in total. The van der Waals surface area contributed by atoms with Gasteiger partial charge in [-0.05, 0) is 24.0 Å².